The van der Waals surface area contributed by atoms with E-state index in [0.29, 0.717) is 10.6 Å². The van der Waals surface area contributed by atoms with Crippen molar-refractivity contribution in [3.63, 3.8) is 0 Å². The van der Waals surface area contributed by atoms with Crippen LogP contribution < -0.4 is 0 Å². The van der Waals surface area contributed by atoms with Crippen molar-refractivity contribution in [1.82, 2.24) is 4.90 Å². The molecule has 1 N–H and O–H groups in total. The van der Waals surface area contributed by atoms with Crippen molar-refractivity contribution in [3.8, 4) is 0 Å². The SMILES string of the molecule is COC(=O)C(c1ccc(Cl)cc1)N(C)CCC(=O)O. The summed E-state index contributed by atoms with van der Waals surface area (Å²) in [6, 6.07) is 6.17. The van der Waals surface area contributed by atoms with E-state index in [2.05, 4.69) is 0 Å². The van der Waals surface area contributed by atoms with Crippen LogP contribution in [0.1, 0.15) is 18.0 Å². The van der Waals surface area contributed by atoms with Crippen LogP contribution in [-0.4, -0.2) is 42.6 Å². The van der Waals surface area contributed by atoms with Crippen LogP contribution in [0.15, 0.2) is 24.3 Å². The second-order valence-corrected chi connectivity index (χ2v) is 4.54. The molecule has 0 fully saturated rings. The number of ether oxygens (including phenoxy) is 1. The molecular weight excluding hydrogens is 270 g/mol. The Hall–Kier alpha value is -1.59. The van der Waals surface area contributed by atoms with Crippen molar-refractivity contribution in [1.29, 1.82) is 0 Å². The number of benzene rings is 1. The second-order valence-electron chi connectivity index (χ2n) is 4.10. The molecule has 0 saturated carbocycles. The van der Waals surface area contributed by atoms with Crippen LogP contribution >= 0.6 is 11.6 Å². The van der Waals surface area contributed by atoms with E-state index in [1.807, 2.05) is 0 Å². The van der Waals surface area contributed by atoms with Gasteiger partial charge in [-0.3, -0.25) is 9.69 Å². The molecule has 0 aliphatic rings. The van der Waals surface area contributed by atoms with E-state index >= 15 is 0 Å². The van der Waals surface area contributed by atoms with Gasteiger partial charge in [0.05, 0.1) is 13.5 Å². The molecule has 1 rings (SSSR count). The Kier molecular flexibility index (Phi) is 5.79. The van der Waals surface area contributed by atoms with Gasteiger partial charge in [-0.15, -0.1) is 0 Å². The minimum absolute atomic E-state index is 0.0441. The maximum Gasteiger partial charge on any atom is 0.327 e. The third kappa shape index (κ3) is 4.54. The lowest BCUT2D eigenvalue weighted by Gasteiger charge is -2.25. The molecule has 104 valence electrons. The van der Waals surface area contributed by atoms with Gasteiger partial charge in [0.25, 0.3) is 0 Å². The Balaban J connectivity index is 2.91. The molecule has 0 radical (unpaired) electrons. The summed E-state index contributed by atoms with van der Waals surface area (Å²) >= 11 is 5.80. The van der Waals surface area contributed by atoms with Crippen LogP contribution in [0.25, 0.3) is 0 Å². The number of methoxy groups -OCH3 is 1. The predicted octanol–water partition coefficient (Wildman–Crippen LogP) is 1.96. The van der Waals surface area contributed by atoms with E-state index in [1.54, 1.807) is 36.2 Å². The number of nitrogens with zero attached hydrogens (tertiary/aromatic N) is 1. The van der Waals surface area contributed by atoms with Crippen molar-refractivity contribution in [2.45, 2.75) is 12.5 Å². The van der Waals surface area contributed by atoms with E-state index in [9.17, 15) is 9.59 Å². The third-order valence-electron chi connectivity index (χ3n) is 2.73. The molecule has 1 aromatic carbocycles. The molecule has 1 unspecified atom stereocenters. The Bertz CT molecular complexity index is 446. The third-order valence-corrected chi connectivity index (χ3v) is 2.98. The number of halogens is 1. The number of aliphatic carboxylic acids is 1. The van der Waals surface area contributed by atoms with E-state index in [4.69, 9.17) is 21.4 Å². The lowest BCUT2D eigenvalue weighted by molar-refractivity contribution is -0.148. The molecule has 0 aliphatic heterocycles. The molecule has 5 nitrogen and oxygen atoms in total. The number of hydrogen-bond donors (Lipinski definition) is 1. The van der Waals surface area contributed by atoms with Crippen molar-refractivity contribution in [3.05, 3.63) is 34.9 Å². The first-order valence-electron chi connectivity index (χ1n) is 5.71. The summed E-state index contributed by atoms with van der Waals surface area (Å²) in [6.45, 7) is 0.248. The highest BCUT2D eigenvalue weighted by Gasteiger charge is 2.26. The number of hydrogen-bond acceptors (Lipinski definition) is 4. The quantitative estimate of drug-likeness (QED) is 0.809. The van der Waals surface area contributed by atoms with Crippen molar-refractivity contribution < 1.29 is 19.4 Å². The van der Waals surface area contributed by atoms with Crippen molar-refractivity contribution in [2.75, 3.05) is 20.7 Å². The summed E-state index contributed by atoms with van der Waals surface area (Å²) in [5.74, 6) is -1.35. The number of likely N-dealkylation sites (N-methyl/N-ethyl adjacent to an activating group) is 1. The van der Waals surface area contributed by atoms with Gasteiger partial charge < -0.3 is 9.84 Å². The molecule has 19 heavy (non-hydrogen) atoms. The molecule has 1 atom stereocenters. The molecule has 0 saturated heterocycles. The molecule has 0 aliphatic carbocycles. The van der Waals surface area contributed by atoms with Gasteiger partial charge in [0.15, 0.2) is 0 Å². The maximum atomic E-state index is 11.8. The number of carbonyl (C=O) groups is 2. The van der Waals surface area contributed by atoms with Crippen molar-refractivity contribution >= 4 is 23.5 Å². The highest BCUT2D eigenvalue weighted by Crippen LogP contribution is 2.22. The fourth-order valence-corrected chi connectivity index (χ4v) is 1.85. The number of rotatable bonds is 6. The van der Waals surface area contributed by atoms with E-state index < -0.39 is 18.0 Å². The summed E-state index contributed by atoms with van der Waals surface area (Å²) in [7, 11) is 2.98. The first-order chi connectivity index (χ1) is 8.95. The highest BCUT2D eigenvalue weighted by atomic mass is 35.5. The largest absolute Gasteiger partial charge is 0.481 e. The van der Waals surface area contributed by atoms with Gasteiger partial charge in [0.2, 0.25) is 0 Å². The Labute approximate surface area is 116 Å². The minimum atomic E-state index is -0.911. The Morgan fingerprint density at radius 1 is 1.37 bits per heavy atom. The Morgan fingerprint density at radius 2 is 1.95 bits per heavy atom. The fraction of sp³-hybridized carbons (Fsp3) is 0.385. The topological polar surface area (TPSA) is 66.8 Å². The van der Waals surface area contributed by atoms with Gasteiger partial charge >= 0.3 is 11.9 Å². The molecule has 0 bridgehead atoms. The van der Waals surface area contributed by atoms with Gasteiger partial charge in [-0.05, 0) is 24.7 Å². The van der Waals surface area contributed by atoms with Gasteiger partial charge in [-0.1, -0.05) is 23.7 Å². The maximum absolute atomic E-state index is 11.8. The molecule has 0 heterocycles. The minimum Gasteiger partial charge on any atom is -0.481 e. The number of carboxylic acids is 1. The average Bonchev–Trinajstić information content (AvgIpc) is 2.38. The molecule has 0 aromatic heterocycles. The Morgan fingerprint density at radius 3 is 2.42 bits per heavy atom. The smallest absolute Gasteiger partial charge is 0.327 e. The van der Waals surface area contributed by atoms with Crippen LogP contribution in [0.4, 0.5) is 0 Å². The zero-order chi connectivity index (χ0) is 14.4. The van der Waals surface area contributed by atoms with E-state index in [-0.39, 0.29) is 13.0 Å². The van der Waals surface area contributed by atoms with Crippen LogP contribution in [0.5, 0.6) is 0 Å². The standard InChI is InChI=1S/C13H16ClNO4/c1-15(8-7-11(16)17)12(13(18)19-2)9-3-5-10(14)6-4-9/h3-6,12H,7-8H2,1-2H3,(H,16,17). The zero-order valence-corrected chi connectivity index (χ0v) is 11.6. The van der Waals surface area contributed by atoms with Gasteiger partial charge in [0.1, 0.15) is 6.04 Å². The summed E-state index contributed by atoms with van der Waals surface area (Å²) in [6.07, 6.45) is -0.0441. The predicted molar refractivity (Wildman–Crippen MR) is 71.1 cm³/mol. The molecule has 6 heteroatoms. The summed E-state index contributed by atoms with van der Waals surface area (Å²) < 4.78 is 4.76. The summed E-state index contributed by atoms with van der Waals surface area (Å²) in [5, 5.41) is 9.26. The first-order valence-corrected chi connectivity index (χ1v) is 6.09. The summed E-state index contributed by atoms with van der Waals surface area (Å²) in [4.78, 5) is 24.1. The van der Waals surface area contributed by atoms with Crippen molar-refractivity contribution in [2.24, 2.45) is 0 Å². The lowest BCUT2D eigenvalue weighted by atomic mass is 10.1. The number of carboxylic acid groups (broad SMARTS) is 1. The normalized spacial score (nSPS) is 12.2. The highest BCUT2D eigenvalue weighted by molar-refractivity contribution is 6.30. The summed E-state index contributed by atoms with van der Waals surface area (Å²) in [5.41, 5.74) is 0.712. The molecule has 0 amide bonds. The van der Waals surface area contributed by atoms with Crippen LogP contribution in [0.2, 0.25) is 5.02 Å². The van der Waals surface area contributed by atoms with Crippen LogP contribution in [0.3, 0.4) is 0 Å². The van der Waals surface area contributed by atoms with Crippen LogP contribution in [-0.2, 0) is 14.3 Å². The van der Waals surface area contributed by atoms with E-state index in [0.717, 1.165) is 0 Å². The first kappa shape index (κ1) is 15.5. The van der Waals surface area contributed by atoms with Gasteiger partial charge in [0, 0.05) is 11.6 Å². The van der Waals surface area contributed by atoms with Gasteiger partial charge in [-0.2, -0.15) is 0 Å². The average molecular weight is 286 g/mol. The molecule has 1 aromatic rings. The monoisotopic (exact) mass is 285 g/mol. The lowest BCUT2D eigenvalue weighted by Crippen LogP contribution is -2.33. The number of esters is 1. The molecule has 0 spiro atoms. The van der Waals surface area contributed by atoms with E-state index in [1.165, 1.54) is 7.11 Å². The molecular formula is C13H16ClNO4. The number of carbonyl (C=O) groups excluding carboxylic acids is 1. The second kappa shape index (κ2) is 7.11. The zero-order valence-electron chi connectivity index (χ0n) is 10.8. The fourth-order valence-electron chi connectivity index (χ4n) is 1.73. The van der Waals surface area contributed by atoms with Crippen LogP contribution in [0, 0.1) is 0 Å². The van der Waals surface area contributed by atoms with Gasteiger partial charge in [-0.25, -0.2) is 4.79 Å².